The lowest BCUT2D eigenvalue weighted by Gasteiger charge is -2.37. The second kappa shape index (κ2) is 7.53. The molecule has 1 saturated carbocycles. The van der Waals surface area contributed by atoms with Crippen molar-refractivity contribution in [1.29, 1.82) is 0 Å². The summed E-state index contributed by atoms with van der Waals surface area (Å²) in [7, 11) is 3.04. The molecule has 1 aromatic carbocycles. The van der Waals surface area contributed by atoms with Crippen LogP contribution in [0.2, 0.25) is 0 Å². The number of ether oxygens (including phenoxy) is 2. The van der Waals surface area contributed by atoms with Gasteiger partial charge in [-0.15, -0.1) is 0 Å². The van der Waals surface area contributed by atoms with Gasteiger partial charge in [0.25, 0.3) is 5.91 Å². The van der Waals surface area contributed by atoms with E-state index in [0.717, 1.165) is 5.69 Å². The molecule has 0 saturated heterocycles. The van der Waals surface area contributed by atoms with Gasteiger partial charge in [-0.05, 0) is 43.0 Å². The molecule has 3 rings (SSSR count). The molecular formula is C19H22N2O4. The number of hydrogen-bond donors (Lipinski definition) is 2. The van der Waals surface area contributed by atoms with Crippen LogP contribution in [0.5, 0.6) is 11.5 Å². The summed E-state index contributed by atoms with van der Waals surface area (Å²) >= 11 is 0. The number of pyridine rings is 1. The highest BCUT2D eigenvalue weighted by Gasteiger charge is 2.36. The summed E-state index contributed by atoms with van der Waals surface area (Å²) < 4.78 is 10.6. The Balaban J connectivity index is 1.86. The number of carbonyl (C=O) groups excluding carboxylic acids is 1. The highest BCUT2D eigenvalue weighted by molar-refractivity contribution is 5.98. The van der Waals surface area contributed by atoms with Gasteiger partial charge in [-0.2, -0.15) is 0 Å². The largest absolute Gasteiger partial charge is 0.493 e. The second-order valence-corrected chi connectivity index (χ2v) is 6.13. The van der Waals surface area contributed by atoms with Crippen molar-refractivity contribution in [1.82, 2.24) is 10.3 Å². The van der Waals surface area contributed by atoms with E-state index in [2.05, 4.69) is 10.3 Å². The number of para-hydroxylation sites is 1. The Labute approximate surface area is 146 Å². The standard InChI is InChI=1S/C19H22N2O4/c1-24-16-8-5-6-14(18(16)25-2)19(23)21-17(12-10-13(22)11-12)15-7-3-4-9-20-15/h3-9,12-13,17,22H,10-11H2,1-2H3,(H,21,23). The average molecular weight is 342 g/mol. The molecule has 6 heteroatoms. The van der Waals surface area contributed by atoms with Crippen molar-refractivity contribution in [3.63, 3.8) is 0 Å². The molecule has 1 heterocycles. The summed E-state index contributed by atoms with van der Waals surface area (Å²) in [6, 6.07) is 10.5. The number of aromatic nitrogens is 1. The number of nitrogens with one attached hydrogen (secondary N) is 1. The monoisotopic (exact) mass is 342 g/mol. The number of amides is 1. The van der Waals surface area contributed by atoms with Crippen LogP contribution in [0.15, 0.2) is 42.6 Å². The molecule has 0 spiro atoms. The van der Waals surface area contributed by atoms with E-state index >= 15 is 0 Å². The number of methoxy groups -OCH3 is 2. The van der Waals surface area contributed by atoms with Gasteiger partial charge in [0.2, 0.25) is 0 Å². The predicted octanol–water partition coefficient (Wildman–Crippen LogP) is 2.34. The predicted molar refractivity (Wildman–Crippen MR) is 92.7 cm³/mol. The van der Waals surface area contributed by atoms with Crippen molar-refractivity contribution in [3.8, 4) is 11.5 Å². The number of rotatable bonds is 6. The van der Waals surface area contributed by atoms with E-state index in [1.54, 1.807) is 24.4 Å². The number of aliphatic hydroxyl groups is 1. The van der Waals surface area contributed by atoms with Crippen LogP contribution >= 0.6 is 0 Å². The first-order valence-electron chi connectivity index (χ1n) is 8.25. The van der Waals surface area contributed by atoms with E-state index in [9.17, 15) is 9.90 Å². The quantitative estimate of drug-likeness (QED) is 0.842. The Hall–Kier alpha value is -2.60. The maximum Gasteiger partial charge on any atom is 0.255 e. The van der Waals surface area contributed by atoms with E-state index in [0.29, 0.717) is 29.9 Å². The zero-order valence-electron chi connectivity index (χ0n) is 14.3. The molecule has 0 radical (unpaired) electrons. The molecule has 2 N–H and O–H groups in total. The maximum absolute atomic E-state index is 12.9. The molecular weight excluding hydrogens is 320 g/mol. The lowest BCUT2D eigenvalue weighted by Crippen LogP contribution is -2.41. The first-order valence-corrected chi connectivity index (χ1v) is 8.25. The molecule has 0 bridgehead atoms. The summed E-state index contributed by atoms with van der Waals surface area (Å²) in [6.07, 6.45) is 2.70. The molecule has 2 aromatic rings. The molecule has 1 atom stereocenters. The lowest BCUT2D eigenvalue weighted by molar-refractivity contribution is 0.0228. The lowest BCUT2D eigenvalue weighted by atomic mass is 9.76. The molecule has 6 nitrogen and oxygen atoms in total. The van der Waals surface area contributed by atoms with E-state index in [1.165, 1.54) is 14.2 Å². The topological polar surface area (TPSA) is 80.7 Å². The number of nitrogens with zero attached hydrogens (tertiary/aromatic N) is 1. The fourth-order valence-electron chi connectivity index (χ4n) is 3.18. The van der Waals surface area contributed by atoms with E-state index in [4.69, 9.17) is 9.47 Å². The zero-order valence-corrected chi connectivity index (χ0v) is 14.3. The minimum Gasteiger partial charge on any atom is -0.493 e. The Kier molecular flexibility index (Phi) is 5.19. The van der Waals surface area contributed by atoms with Crippen molar-refractivity contribution >= 4 is 5.91 Å². The van der Waals surface area contributed by atoms with Crippen LogP contribution in [0.3, 0.4) is 0 Å². The minimum absolute atomic E-state index is 0.158. The summed E-state index contributed by atoms with van der Waals surface area (Å²) in [5.74, 6) is 0.803. The number of benzene rings is 1. The van der Waals surface area contributed by atoms with Gasteiger partial charge in [-0.25, -0.2) is 0 Å². The molecule has 1 aromatic heterocycles. The Morgan fingerprint density at radius 2 is 2.00 bits per heavy atom. The normalized spacial score (nSPS) is 20.3. The summed E-state index contributed by atoms with van der Waals surface area (Å²) in [5, 5.41) is 12.7. The molecule has 0 aliphatic heterocycles. The number of aliphatic hydroxyl groups excluding tert-OH is 1. The van der Waals surface area contributed by atoms with Gasteiger partial charge in [0.15, 0.2) is 11.5 Å². The van der Waals surface area contributed by atoms with Crippen molar-refractivity contribution < 1.29 is 19.4 Å². The fourth-order valence-corrected chi connectivity index (χ4v) is 3.18. The van der Waals surface area contributed by atoms with Gasteiger partial charge in [0, 0.05) is 6.20 Å². The SMILES string of the molecule is COc1cccc(C(=O)NC(c2ccccn2)C2CC(O)C2)c1OC. The van der Waals surface area contributed by atoms with Gasteiger partial charge in [0.05, 0.1) is 37.6 Å². The van der Waals surface area contributed by atoms with Crippen LogP contribution in [-0.4, -0.2) is 36.3 Å². The third kappa shape index (κ3) is 3.58. The van der Waals surface area contributed by atoms with Gasteiger partial charge < -0.3 is 19.9 Å². The average Bonchev–Trinajstić information content (AvgIpc) is 2.63. The second-order valence-electron chi connectivity index (χ2n) is 6.13. The van der Waals surface area contributed by atoms with Gasteiger partial charge in [0.1, 0.15) is 0 Å². The zero-order chi connectivity index (χ0) is 17.8. The van der Waals surface area contributed by atoms with Gasteiger partial charge in [-0.3, -0.25) is 9.78 Å². The Bertz CT molecular complexity index is 729. The van der Waals surface area contributed by atoms with E-state index in [1.807, 2.05) is 18.2 Å². The Morgan fingerprint density at radius 3 is 2.60 bits per heavy atom. The fraction of sp³-hybridized carbons (Fsp3) is 0.368. The highest BCUT2D eigenvalue weighted by atomic mass is 16.5. The third-order valence-electron chi connectivity index (χ3n) is 4.56. The van der Waals surface area contributed by atoms with Crippen LogP contribution in [0.1, 0.15) is 34.9 Å². The van der Waals surface area contributed by atoms with Crippen LogP contribution in [0, 0.1) is 5.92 Å². The first-order chi connectivity index (χ1) is 12.1. The first kappa shape index (κ1) is 17.2. The smallest absolute Gasteiger partial charge is 0.255 e. The molecule has 1 aliphatic rings. The summed E-state index contributed by atoms with van der Waals surface area (Å²) in [4.78, 5) is 17.2. The van der Waals surface area contributed by atoms with Gasteiger partial charge >= 0.3 is 0 Å². The van der Waals surface area contributed by atoms with Crippen molar-refractivity contribution in [3.05, 3.63) is 53.9 Å². The van der Waals surface area contributed by atoms with Crippen molar-refractivity contribution in [2.45, 2.75) is 25.0 Å². The van der Waals surface area contributed by atoms with Gasteiger partial charge in [-0.1, -0.05) is 12.1 Å². The molecule has 1 unspecified atom stereocenters. The van der Waals surface area contributed by atoms with Crippen molar-refractivity contribution in [2.24, 2.45) is 5.92 Å². The molecule has 1 amide bonds. The minimum atomic E-state index is -0.306. The number of carbonyl (C=O) groups is 1. The highest BCUT2D eigenvalue weighted by Crippen LogP contribution is 2.38. The molecule has 25 heavy (non-hydrogen) atoms. The van der Waals surface area contributed by atoms with Crippen LogP contribution in [0.4, 0.5) is 0 Å². The molecule has 132 valence electrons. The number of hydrogen-bond acceptors (Lipinski definition) is 5. The summed E-state index contributed by atoms with van der Waals surface area (Å²) in [5.41, 5.74) is 1.19. The van der Waals surface area contributed by atoms with E-state index in [-0.39, 0.29) is 24.0 Å². The van der Waals surface area contributed by atoms with E-state index < -0.39 is 0 Å². The third-order valence-corrected chi connectivity index (χ3v) is 4.56. The Morgan fingerprint density at radius 1 is 1.20 bits per heavy atom. The van der Waals surface area contributed by atoms with Crippen molar-refractivity contribution in [2.75, 3.05) is 14.2 Å². The summed E-state index contributed by atoms with van der Waals surface area (Å²) in [6.45, 7) is 0. The maximum atomic E-state index is 12.9. The molecule has 1 fully saturated rings. The van der Waals surface area contributed by atoms with Crippen LogP contribution in [-0.2, 0) is 0 Å². The van der Waals surface area contributed by atoms with Crippen LogP contribution in [0.25, 0.3) is 0 Å². The molecule has 1 aliphatic carbocycles. The van der Waals surface area contributed by atoms with Crippen LogP contribution < -0.4 is 14.8 Å².